The monoisotopic (exact) mass is 402 g/mol. The Bertz CT molecular complexity index is 1340. The van der Waals surface area contributed by atoms with E-state index < -0.39 is 11.8 Å². The van der Waals surface area contributed by atoms with Gasteiger partial charge in [0.15, 0.2) is 6.10 Å². The third-order valence-electron chi connectivity index (χ3n) is 4.59. The molecule has 144 valence electrons. The normalized spacial score (nSPS) is 11.8. The van der Waals surface area contributed by atoms with Gasteiger partial charge in [0.05, 0.1) is 11.4 Å². The summed E-state index contributed by atoms with van der Waals surface area (Å²) < 4.78 is 2.64. The van der Waals surface area contributed by atoms with Crippen LogP contribution < -0.4 is 11.2 Å². The first kappa shape index (κ1) is 18.9. The fourth-order valence-electron chi connectivity index (χ4n) is 3.06. The van der Waals surface area contributed by atoms with Crippen molar-refractivity contribution < 1.29 is 5.11 Å². The highest BCUT2D eigenvalue weighted by molar-refractivity contribution is 7.17. The van der Waals surface area contributed by atoms with Crippen molar-refractivity contribution in [1.29, 1.82) is 0 Å². The minimum Gasteiger partial charge on any atom is -0.375 e. The maximum absolute atomic E-state index is 12.9. The number of hydrogen-bond donors (Lipinski definition) is 1. The molecule has 29 heavy (non-hydrogen) atoms. The second kappa shape index (κ2) is 7.92. The van der Waals surface area contributed by atoms with Crippen molar-refractivity contribution in [2.24, 2.45) is 0 Å². The highest BCUT2D eigenvalue weighted by Gasteiger charge is 2.17. The topological polar surface area (TPSA) is 63.7 Å². The lowest BCUT2D eigenvalue weighted by Gasteiger charge is -2.07. The molecule has 0 fully saturated rings. The number of aromatic nitrogens is 2. The molecule has 0 saturated heterocycles. The maximum atomic E-state index is 12.9. The minimum atomic E-state index is -1.04. The minimum absolute atomic E-state index is 0.198. The quantitative estimate of drug-likeness (QED) is 0.536. The largest absolute Gasteiger partial charge is 0.375 e. The molecule has 6 heteroatoms. The molecule has 0 aliphatic carbocycles. The molecule has 0 amide bonds. The van der Waals surface area contributed by atoms with Gasteiger partial charge >= 0.3 is 5.69 Å². The lowest BCUT2D eigenvalue weighted by Crippen LogP contribution is -2.38. The molecule has 1 atom stereocenters. The molecule has 0 spiro atoms. The van der Waals surface area contributed by atoms with E-state index >= 15 is 0 Å². The van der Waals surface area contributed by atoms with Gasteiger partial charge in [0.1, 0.15) is 4.83 Å². The number of benzene rings is 2. The Balaban J connectivity index is 1.75. The zero-order chi connectivity index (χ0) is 20.4. The van der Waals surface area contributed by atoms with Gasteiger partial charge < -0.3 is 5.11 Å². The lowest BCUT2D eigenvalue weighted by molar-refractivity contribution is 0.242. The SMILES string of the molecule is Cc1c(=O)n(Cc2ccccc2)c(=O)n2cc(C(O)C#Cc3ccccc3)sc12. The molecule has 4 rings (SSSR count). The molecular formula is C23H18N2O3S. The van der Waals surface area contributed by atoms with Crippen LogP contribution in [-0.2, 0) is 6.54 Å². The van der Waals surface area contributed by atoms with Crippen molar-refractivity contribution in [2.45, 2.75) is 19.6 Å². The Hall–Kier alpha value is -3.40. The number of aliphatic hydroxyl groups excluding tert-OH is 1. The van der Waals surface area contributed by atoms with Gasteiger partial charge in [-0.1, -0.05) is 60.4 Å². The first-order valence-electron chi connectivity index (χ1n) is 9.08. The van der Waals surface area contributed by atoms with Crippen LogP contribution in [0.5, 0.6) is 0 Å². The summed E-state index contributed by atoms with van der Waals surface area (Å²) in [7, 11) is 0. The molecular weight excluding hydrogens is 384 g/mol. The van der Waals surface area contributed by atoms with Gasteiger partial charge in [0.2, 0.25) is 0 Å². The van der Waals surface area contributed by atoms with E-state index in [0.29, 0.717) is 15.3 Å². The average Bonchev–Trinajstić information content (AvgIpc) is 3.21. The molecule has 2 aromatic heterocycles. The molecule has 4 aromatic rings. The van der Waals surface area contributed by atoms with Crippen molar-refractivity contribution in [1.82, 2.24) is 8.97 Å². The molecule has 0 saturated carbocycles. The smallest absolute Gasteiger partial charge is 0.336 e. The number of nitrogens with zero attached hydrogens (tertiary/aromatic N) is 2. The molecule has 0 bridgehead atoms. The number of hydrogen-bond acceptors (Lipinski definition) is 4. The van der Waals surface area contributed by atoms with Crippen molar-refractivity contribution >= 4 is 16.2 Å². The number of aryl methyl sites for hydroxylation is 1. The van der Waals surface area contributed by atoms with Gasteiger partial charge in [-0.25, -0.2) is 4.79 Å². The Morgan fingerprint density at radius 2 is 1.69 bits per heavy atom. The third kappa shape index (κ3) is 3.79. The summed E-state index contributed by atoms with van der Waals surface area (Å²) in [6.07, 6.45) is 0.525. The van der Waals surface area contributed by atoms with E-state index in [-0.39, 0.29) is 12.1 Å². The summed E-state index contributed by atoms with van der Waals surface area (Å²) in [5, 5.41) is 10.5. The van der Waals surface area contributed by atoms with Crippen LogP contribution in [0, 0.1) is 18.8 Å². The molecule has 2 aromatic carbocycles. The summed E-state index contributed by atoms with van der Waals surface area (Å²) in [6.45, 7) is 1.89. The van der Waals surface area contributed by atoms with Crippen LogP contribution in [0.3, 0.4) is 0 Å². The molecule has 2 heterocycles. The average molecular weight is 402 g/mol. The van der Waals surface area contributed by atoms with Crippen LogP contribution in [-0.4, -0.2) is 14.1 Å². The van der Waals surface area contributed by atoms with Gasteiger partial charge in [0, 0.05) is 17.3 Å². The van der Waals surface area contributed by atoms with Gasteiger partial charge in [-0.15, -0.1) is 11.3 Å². The second-order valence-electron chi connectivity index (χ2n) is 6.63. The lowest BCUT2D eigenvalue weighted by atomic mass is 10.2. The Labute approximate surface area is 171 Å². The summed E-state index contributed by atoms with van der Waals surface area (Å²) in [6, 6.07) is 18.7. The molecule has 0 aliphatic heterocycles. The van der Waals surface area contributed by atoms with Crippen LogP contribution >= 0.6 is 11.3 Å². The van der Waals surface area contributed by atoms with Gasteiger partial charge in [0.25, 0.3) is 5.56 Å². The highest BCUT2D eigenvalue weighted by Crippen LogP contribution is 2.24. The first-order valence-corrected chi connectivity index (χ1v) is 9.90. The van der Waals surface area contributed by atoms with Crippen molar-refractivity contribution in [2.75, 3.05) is 0 Å². The third-order valence-corrected chi connectivity index (χ3v) is 5.85. The van der Waals surface area contributed by atoms with E-state index in [1.54, 1.807) is 13.1 Å². The molecule has 1 N–H and O–H groups in total. The maximum Gasteiger partial charge on any atom is 0.336 e. The predicted octanol–water partition coefficient (Wildman–Crippen LogP) is 2.96. The fraction of sp³-hybridized carbons (Fsp3) is 0.130. The van der Waals surface area contributed by atoms with E-state index in [1.807, 2.05) is 60.7 Å². The number of fused-ring (bicyclic) bond motifs is 1. The van der Waals surface area contributed by atoms with Crippen LogP contribution in [0.2, 0.25) is 0 Å². The van der Waals surface area contributed by atoms with E-state index in [4.69, 9.17) is 0 Å². The number of rotatable bonds is 3. The van der Waals surface area contributed by atoms with Crippen LogP contribution in [0.25, 0.3) is 4.83 Å². The van der Waals surface area contributed by atoms with Crippen LogP contribution in [0.15, 0.2) is 76.4 Å². The van der Waals surface area contributed by atoms with Gasteiger partial charge in [-0.2, -0.15) is 0 Å². The van der Waals surface area contributed by atoms with Crippen molar-refractivity contribution in [3.8, 4) is 11.8 Å². The Morgan fingerprint density at radius 1 is 1.03 bits per heavy atom. The molecule has 1 unspecified atom stereocenters. The summed E-state index contributed by atoms with van der Waals surface area (Å²) in [4.78, 5) is 26.7. The van der Waals surface area contributed by atoms with Gasteiger partial charge in [-0.3, -0.25) is 13.8 Å². The van der Waals surface area contributed by atoms with E-state index in [1.165, 1.54) is 20.3 Å². The first-order chi connectivity index (χ1) is 14.0. The van der Waals surface area contributed by atoms with Crippen LogP contribution in [0.4, 0.5) is 0 Å². The van der Waals surface area contributed by atoms with E-state index in [9.17, 15) is 14.7 Å². The number of thiazole rings is 1. The molecule has 5 nitrogen and oxygen atoms in total. The van der Waals surface area contributed by atoms with Crippen molar-refractivity contribution in [3.63, 3.8) is 0 Å². The predicted molar refractivity (Wildman–Crippen MR) is 114 cm³/mol. The number of aliphatic hydroxyl groups is 1. The fourth-order valence-corrected chi connectivity index (χ4v) is 4.08. The van der Waals surface area contributed by atoms with E-state index in [2.05, 4.69) is 11.8 Å². The summed E-state index contributed by atoms with van der Waals surface area (Å²) in [5.74, 6) is 5.72. The Morgan fingerprint density at radius 3 is 2.38 bits per heavy atom. The van der Waals surface area contributed by atoms with Gasteiger partial charge in [-0.05, 0) is 24.6 Å². The van der Waals surface area contributed by atoms with Crippen LogP contribution in [0.1, 0.15) is 27.7 Å². The summed E-state index contributed by atoms with van der Waals surface area (Å²) >= 11 is 1.21. The molecule has 0 radical (unpaired) electrons. The second-order valence-corrected chi connectivity index (χ2v) is 7.69. The zero-order valence-electron chi connectivity index (χ0n) is 15.7. The molecule has 0 aliphatic rings. The Kier molecular flexibility index (Phi) is 5.17. The zero-order valence-corrected chi connectivity index (χ0v) is 16.5. The van der Waals surface area contributed by atoms with E-state index in [0.717, 1.165) is 11.1 Å². The summed E-state index contributed by atoms with van der Waals surface area (Å²) in [5.41, 5.74) is 1.39. The highest BCUT2D eigenvalue weighted by atomic mass is 32.1. The standard InChI is InChI=1S/C23H18N2O3S/c1-16-21(27)24(14-18-10-6-3-7-11-18)23(28)25-15-20(29-22(16)25)19(26)13-12-17-8-4-2-5-9-17/h2-11,15,19,26H,14H2,1H3. The van der Waals surface area contributed by atoms with Crippen molar-refractivity contribution in [3.05, 3.63) is 109 Å².